The maximum atomic E-state index is 3.89. The fraction of sp³-hybridized carbons (Fsp3) is 1.00. The van der Waals surface area contributed by atoms with Crippen LogP contribution in [0.15, 0.2) is 0 Å². The Morgan fingerprint density at radius 2 is 2.06 bits per heavy atom. The summed E-state index contributed by atoms with van der Waals surface area (Å²) in [6, 6.07) is 0. The summed E-state index contributed by atoms with van der Waals surface area (Å²) in [6.07, 6.45) is 8.26. The summed E-state index contributed by atoms with van der Waals surface area (Å²) in [7, 11) is 0. The van der Waals surface area contributed by atoms with Gasteiger partial charge in [-0.2, -0.15) is 0 Å². The number of nitrogens with one attached hydrogen (secondary N) is 2. The second-order valence-electron chi connectivity index (χ2n) is 6.87. The molecule has 0 amide bonds. The monoisotopic (exact) mass is 238 g/mol. The summed E-state index contributed by atoms with van der Waals surface area (Å²) in [5.74, 6) is 0.845. The summed E-state index contributed by atoms with van der Waals surface area (Å²) >= 11 is 0. The van der Waals surface area contributed by atoms with Gasteiger partial charge in [-0.1, -0.05) is 20.8 Å². The lowest BCUT2D eigenvalue weighted by atomic mass is 9.71. The summed E-state index contributed by atoms with van der Waals surface area (Å²) in [6.45, 7) is 10.8. The Balaban J connectivity index is 1.83. The van der Waals surface area contributed by atoms with Gasteiger partial charge in [0.1, 0.15) is 0 Å². The molecular weight excluding hydrogens is 208 g/mol. The molecule has 0 radical (unpaired) electrons. The molecule has 1 saturated heterocycles. The lowest BCUT2D eigenvalue weighted by molar-refractivity contribution is 0.111. The molecule has 1 atom stereocenters. The average molecular weight is 238 g/mol. The van der Waals surface area contributed by atoms with E-state index in [0.717, 1.165) is 5.92 Å². The minimum Gasteiger partial charge on any atom is -0.316 e. The predicted molar refractivity (Wildman–Crippen MR) is 74.3 cm³/mol. The number of rotatable bonds is 5. The maximum absolute atomic E-state index is 3.89. The zero-order valence-corrected chi connectivity index (χ0v) is 11.9. The fourth-order valence-corrected chi connectivity index (χ4v) is 3.34. The van der Waals surface area contributed by atoms with Crippen LogP contribution in [0, 0.1) is 11.3 Å². The second-order valence-corrected chi connectivity index (χ2v) is 6.87. The highest BCUT2D eigenvalue weighted by atomic mass is 15.0. The Labute approximate surface area is 107 Å². The quantitative estimate of drug-likeness (QED) is 0.769. The van der Waals surface area contributed by atoms with Crippen molar-refractivity contribution >= 4 is 0 Å². The van der Waals surface area contributed by atoms with Crippen molar-refractivity contribution in [3.63, 3.8) is 0 Å². The van der Waals surface area contributed by atoms with Gasteiger partial charge in [0.15, 0.2) is 0 Å². The molecule has 2 nitrogen and oxygen atoms in total. The van der Waals surface area contributed by atoms with Crippen LogP contribution in [0.1, 0.15) is 59.3 Å². The summed E-state index contributed by atoms with van der Waals surface area (Å²) in [4.78, 5) is 0. The SMILES string of the molecule is CCC1(NCC(C)(C)C2CCCNC2)CCC1. The van der Waals surface area contributed by atoms with E-state index in [1.54, 1.807) is 0 Å². The fourth-order valence-electron chi connectivity index (χ4n) is 3.34. The van der Waals surface area contributed by atoms with Gasteiger partial charge >= 0.3 is 0 Å². The second kappa shape index (κ2) is 5.27. The molecule has 1 heterocycles. The van der Waals surface area contributed by atoms with Crippen molar-refractivity contribution in [3.05, 3.63) is 0 Å². The highest BCUT2D eigenvalue weighted by molar-refractivity contribution is 4.97. The van der Waals surface area contributed by atoms with E-state index in [9.17, 15) is 0 Å². The first-order chi connectivity index (χ1) is 8.08. The van der Waals surface area contributed by atoms with Crippen LogP contribution in [0.5, 0.6) is 0 Å². The van der Waals surface area contributed by atoms with Crippen LogP contribution in [0.25, 0.3) is 0 Å². The molecule has 2 aliphatic rings. The maximum Gasteiger partial charge on any atom is 0.0179 e. The van der Waals surface area contributed by atoms with Crippen molar-refractivity contribution in [2.75, 3.05) is 19.6 Å². The van der Waals surface area contributed by atoms with Crippen molar-refractivity contribution < 1.29 is 0 Å². The first kappa shape index (κ1) is 13.4. The Morgan fingerprint density at radius 3 is 2.53 bits per heavy atom. The molecule has 0 bridgehead atoms. The minimum atomic E-state index is 0.436. The molecule has 1 saturated carbocycles. The van der Waals surface area contributed by atoms with E-state index in [1.807, 2.05) is 0 Å². The largest absolute Gasteiger partial charge is 0.316 e. The first-order valence-electron chi connectivity index (χ1n) is 7.54. The molecule has 17 heavy (non-hydrogen) atoms. The summed E-state index contributed by atoms with van der Waals surface area (Å²) in [5.41, 5.74) is 0.935. The molecule has 2 N–H and O–H groups in total. The van der Waals surface area contributed by atoms with E-state index in [-0.39, 0.29) is 0 Å². The van der Waals surface area contributed by atoms with Gasteiger partial charge in [0.05, 0.1) is 0 Å². The minimum absolute atomic E-state index is 0.436. The molecular formula is C15H30N2. The van der Waals surface area contributed by atoms with Gasteiger partial charge in [-0.15, -0.1) is 0 Å². The van der Waals surface area contributed by atoms with E-state index in [0.29, 0.717) is 11.0 Å². The Bertz CT molecular complexity index is 232. The van der Waals surface area contributed by atoms with Crippen LogP contribution in [-0.2, 0) is 0 Å². The summed E-state index contributed by atoms with van der Waals surface area (Å²) in [5, 5.41) is 7.44. The zero-order valence-electron chi connectivity index (χ0n) is 11.9. The van der Waals surface area contributed by atoms with Crippen molar-refractivity contribution in [1.82, 2.24) is 10.6 Å². The normalized spacial score (nSPS) is 28.8. The third-order valence-corrected chi connectivity index (χ3v) is 5.31. The topological polar surface area (TPSA) is 24.1 Å². The van der Waals surface area contributed by atoms with E-state index >= 15 is 0 Å². The Hall–Kier alpha value is -0.0800. The van der Waals surface area contributed by atoms with Gasteiger partial charge in [0.25, 0.3) is 0 Å². The smallest absolute Gasteiger partial charge is 0.0179 e. The van der Waals surface area contributed by atoms with Crippen LogP contribution < -0.4 is 10.6 Å². The van der Waals surface area contributed by atoms with Crippen LogP contribution in [-0.4, -0.2) is 25.2 Å². The van der Waals surface area contributed by atoms with Gasteiger partial charge < -0.3 is 10.6 Å². The van der Waals surface area contributed by atoms with E-state index in [1.165, 1.54) is 58.2 Å². The third kappa shape index (κ3) is 3.03. The molecule has 2 heteroatoms. The van der Waals surface area contributed by atoms with Crippen molar-refractivity contribution in [2.45, 2.75) is 64.8 Å². The van der Waals surface area contributed by atoms with Crippen LogP contribution in [0.3, 0.4) is 0 Å². The molecule has 100 valence electrons. The van der Waals surface area contributed by atoms with Crippen molar-refractivity contribution in [1.29, 1.82) is 0 Å². The van der Waals surface area contributed by atoms with Gasteiger partial charge in [-0.05, 0) is 62.9 Å². The lowest BCUT2D eigenvalue weighted by Gasteiger charge is -2.46. The molecule has 0 aromatic rings. The molecule has 0 aromatic carbocycles. The standard InChI is InChI=1S/C15H30N2/c1-4-15(8-6-9-15)17-12-14(2,3)13-7-5-10-16-11-13/h13,16-17H,4-12H2,1-3H3. The Kier molecular flexibility index (Phi) is 4.14. The van der Waals surface area contributed by atoms with Crippen LogP contribution in [0.4, 0.5) is 0 Å². The highest BCUT2D eigenvalue weighted by Gasteiger charge is 2.38. The Morgan fingerprint density at radius 1 is 1.29 bits per heavy atom. The lowest BCUT2D eigenvalue weighted by Crippen LogP contribution is -2.55. The van der Waals surface area contributed by atoms with Crippen molar-refractivity contribution in [3.8, 4) is 0 Å². The summed E-state index contributed by atoms with van der Waals surface area (Å²) < 4.78 is 0. The zero-order chi connectivity index (χ0) is 12.4. The molecule has 1 aliphatic heterocycles. The first-order valence-corrected chi connectivity index (χ1v) is 7.54. The molecule has 1 unspecified atom stereocenters. The third-order valence-electron chi connectivity index (χ3n) is 5.31. The molecule has 2 rings (SSSR count). The van der Waals surface area contributed by atoms with E-state index < -0.39 is 0 Å². The number of hydrogen-bond acceptors (Lipinski definition) is 2. The van der Waals surface area contributed by atoms with Gasteiger partial charge in [0.2, 0.25) is 0 Å². The number of piperidine rings is 1. The molecule has 2 fully saturated rings. The molecule has 1 aliphatic carbocycles. The van der Waals surface area contributed by atoms with Crippen LogP contribution in [0.2, 0.25) is 0 Å². The average Bonchev–Trinajstić information content (AvgIpc) is 2.29. The molecule has 0 aromatic heterocycles. The predicted octanol–water partition coefficient (Wildman–Crippen LogP) is 2.93. The van der Waals surface area contributed by atoms with Crippen LogP contribution >= 0.6 is 0 Å². The van der Waals surface area contributed by atoms with Crippen molar-refractivity contribution in [2.24, 2.45) is 11.3 Å². The van der Waals surface area contributed by atoms with E-state index in [4.69, 9.17) is 0 Å². The van der Waals surface area contributed by atoms with E-state index in [2.05, 4.69) is 31.4 Å². The van der Waals surface area contributed by atoms with Gasteiger partial charge in [-0.25, -0.2) is 0 Å². The number of hydrogen-bond donors (Lipinski definition) is 2. The van der Waals surface area contributed by atoms with Gasteiger partial charge in [-0.3, -0.25) is 0 Å². The van der Waals surface area contributed by atoms with Gasteiger partial charge in [0, 0.05) is 12.1 Å². The molecule has 0 spiro atoms. The highest BCUT2D eigenvalue weighted by Crippen LogP contribution is 2.37.